The van der Waals surface area contributed by atoms with E-state index < -0.39 is 0 Å². The van der Waals surface area contributed by atoms with Crippen molar-refractivity contribution in [3.05, 3.63) is 212 Å². The Morgan fingerprint density at radius 1 is 0.246 bits per heavy atom. The van der Waals surface area contributed by atoms with Crippen LogP contribution < -0.4 is 0 Å². The molecule has 0 N–H and O–H groups in total. The van der Waals surface area contributed by atoms with Crippen molar-refractivity contribution < 1.29 is 4.42 Å². The lowest BCUT2D eigenvalue weighted by atomic mass is 9.93. The summed E-state index contributed by atoms with van der Waals surface area (Å²) in [6.07, 6.45) is 0. The van der Waals surface area contributed by atoms with Crippen LogP contribution >= 0.6 is 0 Å². The summed E-state index contributed by atoms with van der Waals surface area (Å²) in [6.45, 7) is 0. The van der Waals surface area contributed by atoms with Gasteiger partial charge < -0.3 is 4.42 Å². The van der Waals surface area contributed by atoms with E-state index in [0.29, 0.717) is 17.5 Å². The normalized spacial score (nSPS) is 11.6. The summed E-state index contributed by atoms with van der Waals surface area (Å²) in [5, 5.41) is 9.39. The van der Waals surface area contributed by atoms with Gasteiger partial charge in [0.25, 0.3) is 0 Å². The highest BCUT2D eigenvalue weighted by atomic mass is 16.3. The second kappa shape index (κ2) is 14.3. The van der Waals surface area contributed by atoms with Gasteiger partial charge in [-0.05, 0) is 96.0 Å². The van der Waals surface area contributed by atoms with E-state index in [4.69, 9.17) is 19.4 Å². The highest BCUT2D eigenvalue weighted by Crippen LogP contribution is 2.40. The quantitative estimate of drug-likeness (QED) is 0.158. The molecule has 4 heteroatoms. The summed E-state index contributed by atoms with van der Waals surface area (Å²) in [7, 11) is 0. The van der Waals surface area contributed by atoms with Crippen LogP contribution in [0.4, 0.5) is 0 Å². The maximum Gasteiger partial charge on any atom is 0.164 e. The van der Waals surface area contributed by atoms with Crippen molar-refractivity contribution in [1.29, 1.82) is 0 Å². The van der Waals surface area contributed by atoms with Crippen LogP contribution in [0.3, 0.4) is 0 Å². The molecule has 12 rings (SSSR count). The Morgan fingerprint density at radius 3 is 1.34 bits per heavy atom. The Bertz CT molecular complexity index is 3600. The van der Waals surface area contributed by atoms with E-state index in [1.807, 2.05) is 18.2 Å². The molecule has 0 spiro atoms. The molecule has 0 aliphatic heterocycles. The molecule has 2 aromatic heterocycles. The number of benzene rings is 10. The summed E-state index contributed by atoms with van der Waals surface area (Å²) in [5.41, 5.74) is 11.2. The molecule has 0 saturated carbocycles. The van der Waals surface area contributed by atoms with Gasteiger partial charge in [-0.15, -0.1) is 0 Å². The molecule has 0 aliphatic carbocycles. The Balaban J connectivity index is 1.02. The molecule has 10 aromatic carbocycles. The minimum Gasteiger partial charge on any atom is -0.456 e. The van der Waals surface area contributed by atoms with Gasteiger partial charge in [-0.3, -0.25) is 0 Å². The molecule has 2 heterocycles. The van der Waals surface area contributed by atoms with E-state index in [9.17, 15) is 0 Å². The fraction of sp³-hybridized carbons (Fsp3) is 0. The van der Waals surface area contributed by atoms with Gasteiger partial charge in [0, 0.05) is 27.5 Å². The van der Waals surface area contributed by atoms with Crippen LogP contribution in [0.5, 0.6) is 0 Å². The number of hydrogen-bond donors (Lipinski definition) is 0. The predicted molar refractivity (Wildman–Crippen MR) is 252 cm³/mol. The zero-order valence-electron chi connectivity index (χ0n) is 33.0. The first-order valence-electron chi connectivity index (χ1n) is 20.6. The highest BCUT2D eigenvalue weighted by molar-refractivity contribution is 6.25. The molecule has 12 aromatic rings. The van der Waals surface area contributed by atoms with Gasteiger partial charge in [0.2, 0.25) is 0 Å². The summed E-state index contributed by atoms with van der Waals surface area (Å²) in [6, 6.07) is 74.6. The number of nitrogens with zero attached hydrogens (tertiary/aromatic N) is 3. The number of fused-ring (bicyclic) bond motifs is 9. The largest absolute Gasteiger partial charge is 0.456 e. The van der Waals surface area contributed by atoms with Crippen molar-refractivity contribution in [1.82, 2.24) is 15.0 Å². The van der Waals surface area contributed by atoms with Gasteiger partial charge in [0.15, 0.2) is 17.5 Å². The van der Waals surface area contributed by atoms with Crippen LogP contribution in [0.2, 0.25) is 0 Å². The van der Waals surface area contributed by atoms with E-state index in [1.54, 1.807) is 0 Å². The molecule has 4 nitrogen and oxygen atoms in total. The van der Waals surface area contributed by atoms with E-state index in [2.05, 4.69) is 194 Å². The third-order valence-electron chi connectivity index (χ3n) is 11.9. The van der Waals surface area contributed by atoms with Crippen LogP contribution in [-0.4, -0.2) is 15.0 Å². The van der Waals surface area contributed by atoms with E-state index in [0.717, 1.165) is 66.3 Å². The molecule has 0 fully saturated rings. The topological polar surface area (TPSA) is 51.8 Å². The van der Waals surface area contributed by atoms with E-state index >= 15 is 0 Å². The van der Waals surface area contributed by atoms with Gasteiger partial charge >= 0.3 is 0 Å². The Hall–Kier alpha value is -8.21. The number of furan rings is 1. The fourth-order valence-corrected chi connectivity index (χ4v) is 8.95. The minimum atomic E-state index is 0.578. The summed E-state index contributed by atoms with van der Waals surface area (Å²) in [5.74, 6) is 1.79. The molecule has 61 heavy (non-hydrogen) atoms. The molecular formula is C57H35N3O. The third kappa shape index (κ3) is 6.04. The number of hydrogen-bond acceptors (Lipinski definition) is 4. The van der Waals surface area contributed by atoms with Crippen LogP contribution in [-0.2, 0) is 0 Å². The molecule has 0 saturated heterocycles. The van der Waals surface area contributed by atoms with Crippen molar-refractivity contribution in [2.75, 3.05) is 0 Å². The summed E-state index contributed by atoms with van der Waals surface area (Å²) >= 11 is 0. The van der Waals surface area contributed by atoms with Crippen molar-refractivity contribution in [3.63, 3.8) is 0 Å². The molecular weight excluding hydrogens is 743 g/mol. The third-order valence-corrected chi connectivity index (χ3v) is 11.9. The number of aromatic nitrogens is 3. The molecule has 0 radical (unpaired) electrons. The molecule has 0 amide bonds. The molecule has 0 atom stereocenters. The zero-order valence-corrected chi connectivity index (χ0v) is 33.0. The standard InChI is InChI=1S/C57H35N3O/c1-3-13-36(14-4-1)38-25-27-39(28-26-38)55-58-56(42-29-31-49-47-21-8-7-19-45(47)46-20-9-10-22-48(46)51(49)34-42)60-57(59-55)43-30-32-50-53(35-43)61-52-24-12-23-44(54(50)52)41-18-11-17-40(33-41)37-15-5-2-6-16-37/h1-35H. The Kier molecular flexibility index (Phi) is 8.13. The van der Waals surface area contributed by atoms with Crippen LogP contribution in [0.25, 0.3) is 122 Å². The average molecular weight is 778 g/mol. The van der Waals surface area contributed by atoms with Gasteiger partial charge in [0.05, 0.1) is 0 Å². The minimum absolute atomic E-state index is 0.578. The Labute approximate surface area is 352 Å². The van der Waals surface area contributed by atoms with Gasteiger partial charge in [0.1, 0.15) is 11.2 Å². The molecule has 284 valence electrons. The smallest absolute Gasteiger partial charge is 0.164 e. The van der Waals surface area contributed by atoms with Gasteiger partial charge in [-0.25, -0.2) is 15.0 Å². The van der Waals surface area contributed by atoms with Crippen molar-refractivity contribution >= 4 is 54.3 Å². The summed E-state index contributed by atoms with van der Waals surface area (Å²) in [4.78, 5) is 15.5. The molecule has 0 bridgehead atoms. The van der Waals surface area contributed by atoms with Crippen molar-refractivity contribution in [2.45, 2.75) is 0 Å². The first-order valence-corrected chi connectivity index (χ1v) is 20.6. The second-order valence-corrected chi connectivity index (χ2v) is 15.5. The van der Waals surface area contributed by atoms with Crippen molar-refractivity contribution in [3.8, 4) is 67.5 Å². The highest BCUT2D eigenvalue weighted by Gasteiger charge is 2.18. The lowest BCUT2D eigenvalue weighted by molar-refractivity contribution is 0.669. The predicted octanol–water partition coefficient (Wildman–Crippen LogP) is 15.2. The first-order chi connectivity index (χ1) is 30.2. The van der Waals surface area contributed by atoms with Crippen LogP contribution in [0.15, 0.2) is 217 Å². The maximum absolute atomic E-state index is 6.63. The van der Waals surface area contributed by atoms with Gasteiger partial charge in [-0.1, -0.05) is 182 Å². The number of rotatable bonds is 6. The lowest BCUT2D eigenvalue weighted by Crippen LogP contribution is -2.00. The first kappa shape index (κ1) is 34.8. The van der Waals surface area contributed by atoms with Crippen LogP contribution in [0, 0.1) is 0 Å². The summed E-state index contributed by atoms with van der Waals surface area (Å²) < 4.78 is 6.63. The molecule has 0 aliphatic rings. The lowest BCUT2D eigenvalue weighted by Gasteiger charge is -2.13. The zero-order chi connectivity index (χ0) is 40.3. The van der Waals surface area contributed by atoms with E-state index in [-0.39, 0.29) is 0 Å². The molecule has 0 unspecified atom stereocenters. The van der Waals surface area contributed by atoms with E-state index in [1.165, 1.54) is 38.1 Å². The fourth-order valence-electron chi connectivity index (χ4n) is 8.95. The van der Waals surface area contributed by atoms with Crippen LogP contribution in [0.1, 0.15) is 0 Å². The second-order valence-electron chi connectivity index (χ2n) is 15.5. The SMILES string of the molecule is c1ccc(-c2ccc(-c3nc(-c4ccc5c(c4)oc4cccc(-c6cccc(-c7ccccc7)c6)c45)nc(-c4ccc5c6ccccc6c6ccccc6c5c4)n3)cc2)cc1. The Morgan fingerprint density at radius 2 is 0.689 bits per heavy atom. The maximum atomic E-state index is 6.63. The van der Waals surface area contributed by atoms with Gasteiger partial charge in [-0.2, -0.15) is 0 Å². The van der Waals surface area contributed by atoms with Crippen molar-refractivity contribution in [2.24, 2.45) is 0 Å². The average Bonchev–Trinajstić information content (AvgIpc) is 3.73. The monoisotopic (exact) mass is 777 g/mol.